The van der Waals surface area contributed by atoms with Crippen LogP contribution < -0.4 is 11.5 Å². The number of primary amides is 2. The van der Waals surface area contributed by atoms with Crippen molar-refractivity contribution in [2.45, 2.75) is 12.8 Å². The van der Waals surface area contributed by atoms with E-state index in [1.54, 1.807) is 0 Å². The predicted octanol–water partition coefficient (Wildman–Crippen LogP) is -2.82. The third kappa shape index (κ3) is 10.0. The SMILES string of the molecule is NC(=O)CCS(=O)(=O)CCN1CCN(CCS(=O)(=O)CCC(N)=O)CC1. The van der Waals surface area contributed by atoms with Crippen LogP contribution in [0.3, 0.4) is 0 Å². The number of carbonyl (C=O) groups excluding carboxylic acids is 2. The topological polar surface area (TPSA) is 161 Å². The molecule has 2 amide bonds. The summed E-state index contributed by atoms with van der Waals surface area (Å²) in [7, 11) is -6.61. The van der Waals surface area contributed by atoms with Crippen molar-refractivity contribution in [2.24, 2.45) is 11.5 Å². The van der Waals surface area contributed by atoms with E-state index in [9.17, 15) is 26.4 Å². The van der Waals surface area contributed by atoms with Gasteiger partial charge in [-0.2, -0.15) is 0 Å². The zero-order valence-corrected chi connectivity index (χ0v) is 16.4. The smallest absolute Gasteiger partial charge is 0.218 e. The summed E-state index contributed by atoms with van der Waals surface area (Å²) < 4.78 is 47.3. The molecule has 0 aromatic carbocycles. The van der Waals surface area contributed by atoms with Gasteiger partial charge in [-0.1, -0.05) is 0 Å². The monoisotopic (exact) mass is 412 g/mol. The number of hydrogen-bond acceptors (Lipinski definition) is 8. The molecule has 1 fully saturated rings. The number of nitrogens with zero attached hydrogens (tertiary/aromatic N) is 2. The minimum atomic E-state index is -3.31. The van der Waals surface area contributed by atoms with E-state index in [4.69, 9.17) is 11.5 Å². The van der Waals surface area contributed by atoms with Crippen LogP contribution in [-0.2, 0) is 29.3 Å². The van der Waals surface area contributed by atoms with Gasteiger partial charge >= 0.3 is 0 Å². The molecule has 152 valence electrons. The van der Waals surface area contributed by atoms with E-state index in [0.29, 0.717) is 39.3 Å². The molecule has 1 saturated heterocycles. The van der Waals surface area contributed by atoms with Gasteiger partial charge in [0.2, 0.25) is 11.8 Å². The molecule has 26 heavy (non-hydrogen) atoms. The molecule has 0 atom stereocenters. The number of hydrogen-bond donors (Lipinski definition) is 2. The fraction of sp³-hybridized carbons (Fsp3) is 0.857. The van der Waals surface area contributed by atoms with Crippen LogP contribution >= 0.6 is 0 Å². The van der Waals surface area contributed by atoms with Crippen LogP contribution in [0, 0.1) is 0 Å². The van der Waals surface area contributed by atoms with E-state index in [2.05, 4.69) is 0 Å². The Balaban J connectivity index is 2.28. The molecule has 0 aliphatic carbocycles. The molecule has 1 rings (SSSR count). The Morgan fingerprint density at radius 3 is 1.23 bits per heavy atom. The molecular weight excluding hydrogens is 384 g/mol. The van der Waals surface area contributed by atoms with Gasteiger partial charge in [-0.25, -0.2) is 16.8 Å². The second-order valence-corrected chi connectivity index (χ2v) is 11.0. The standard InChI is InChI=1S/C14H28N4O6S2/c15-13(19)1-9-25(21,22)11-7-17-3-5-18(6-4-17)8-12-26(23,24)10-2-14(16)20/h1-12H2,(H2,15,19)(H2,16,20). The van der Waals surface area contributed by atoms with Crippen LogP contribution in [0.5, 0.6) is 0 Å². The van der Waals surface area contributed by atoms with Crippen LogP contribution in [0.1, 0.15) is 12.8 Å². The van der Waals surface area contributed by atoms with E-state index in [0.717, 1.165) is 0 Å². The van der Waals surface area contributed by atoms with Crippen molar-refractivity contribution >= 4 is 31.5 Å². The lowest BCUT2D eigenvalue weighted by Gasteiger charge is -2.34. The van der Waals surface area contributed by atoms with Crippen LogP contribution in [0.15, 0.2) is 0 Å². The van der Waals surface area contributed by atoms with E-state index in [-0.39, 0.29) is 35.9 Å². The third-order valence-corrected chi connectivity index (χ3v) is 7.48. The number of carbonyl (C=O) groups is 2. The molecule has 10 nitrogen and oxygen atoms in total. The van der Waals surface area contributed by atoms with Gasteiger partial charge in [-0.15, -0.1) is 0 Å². The molecule has 1 heterocycles. The first-order chi connectivity index (χ1) is 12.0. The average molecular weight is 413 g/mol. The minimum Gasteiger partial charge on any atom is -0.370 e. The van der Waals surface area contributed by atoms with Crippen LogP contribution in [-0.4, -0.2) is 101 Å². The highest BCUT2D eigenvalue weighted by molar-refractivity contribution is 7.91. The maximum atomic E-state index is 11.8. The summed E-state index contributed by atoms with van der Waals surface area (Å²) in [6.07, 6.45) is -0.333. The quantitative estimate of drug-likeness (QED) is 0.347. The van der Waals surface area contributed by atoms with Crippen LogP contribution in [0.2, 0.25) is 0 Å². The minimum absolute atomic E-state index is 0.0260. The van der Waals surface area contributed by atoms with Gasteiger partial charge in [0.1, 0.15) is 0 Å². The Hall–Kier alpha value is -1.24. The van der Waals surface area contributed by atoms with Gasteiger partial charge in [-0.05, 0) is 0 Å². The Morgan fingerprint density at radius 1 is 0.654 bits per heavy atom. The van der Waals surface area contributed by atoms with Crippen molar-refractivity contribution in [3.05, 3.63) is 0 Å². The fourth-order valence-electron chi connectivity index (χ4n) is 2.49. The Bertz CT molecular complexity index is 624. The molecule has 0 aromatic rings. The molecule has 0 aromatic heterocycles. The van der Waals surface area contributed by atoms with E-state index >= 15 is 0 Å². The van der Waals surface area contributed by atoms with Gasteiger partial charge in [0.15, 0.2) is 19.7 Å². The summed E-state index contributed by atoms with van der Waals surface area (Å²) in [5.41, 5.74) is 9.92. The molecule has 0 radical (unpaired) electrons. The van der Waals surface area contributed by atoms with Crippen molar-refractivity contribution in [1.29, 1.82) is 0 Å². The van der Waals surface area contributed by atoms with E-state index in [1.807, 2.05) is 9.80 Å². The maximum absolute atomic E-state index is 11.8. The lowest BCUT2D eigenvalue weighted by Crippen LogP contribution is -2.48. The van der Waals surface area contributed by atoms with Crippen LogP contribution in [0.25, 0.3) is 0 Å². The Kier molecular flexibility index (Phi) is 8.93. The summed E-state index contributed by atoms with van der Waals surface area (Å²) in [5.74, 6) is -1.78. The number of piperazine rings is 1. The highest BCUT2D eigenvalue weighted by Gasteiger charge is 2.21. The van der Waals surface area contributed by atoms with Gasteiger partial charge in [0.25, 0.3) is 0 Å². The number of sulfone groups is 2. The number of rotatable bonds is 12. The molecule has 1 aliphatic rings. The molecule has 12 heteroatoms. The molecule has 0 unspecified atom stereocenters. The molecule has 0 spiro atoms. The summed E-state index contributed by atoms with van der Waals surface area (Å²) in [6, 6.07) is 0. The van der Waals surface area contributed by atoms with Crippen LogP contribution in [0.4, 0.5) is 0 Å². The molecule has 0 saturated carbocycles. The number of nitrogens with two attached hydrogens (primary N) is 2. The van der Waals surface area contributed by atoms with Crippen molar-refractivity contribution in [1.82, 2.24) is 9.80 Å². The summed E-state index contributed by atoms with van der Waals surface area (Å²) in [6.45, 7) is 3.34. The first-order valence-electron chi connectivity index (χ1n) is 8.41. The van der Waals surface area contributed by atoms with Gasteiger partial charge in [-0.3, -0.25) is 19.4 Å². The lowest BCUT2D eigenvalue weighted by molar-refractivity contribution is -0.118. The van der Waals surface area contributed by atoms with E-state index < -0.39 is 31.5 Å². The summed E-state index contributed by atoms with van der Waals surface area (Å²) in [4.78, 5) is 25.3. The average Bonchev–Trinajstić information content (AvgIpc) is 2.56. The normalized spacial score (nSPS) is 17.2. The van der Waals surface area contributed by atoms with Crippen molar-refractivity contribution in [3.8, 4) is 0 Å². The molecule has 1 aliphatic heterocycles. The summed E-state index contributed by atoms with van der Waals surface area (Å²) in [5, 5.41) is 0. The second kappa shape index (κ2) is 10.2. The molecular formula is C14H28N4O6S2. The molecule has 4 N–H and O–H groups in total. The third-order valence-electron chi connectivity index (χ3n) is 4.22. The largest absolute Gasteiger partial charge is 0.370 e. The Morgan fingerprint density at radius 2 is 0.962 bits per heavy atom. The number of amides is 2. The lowest BCUT2D eigenvalue weighted by atomic mass is 10.3. The zero-order chi connectivity index (χ0) is 19.8. The maximum Gasteiger partial charge on any atom is 0.218 e. The first-order valence-corrected chi connectivity index (χ1v) is 12.1. The van der Waals surface area contributed by atoms with Crippen molar-refractivity contribution < 1.29 is 26.4 Å². The van der Waals surface area contributed by atoms with E-state index in [1.165, 1.54) is 0 Å². The van der Waals surface area contributed by atoms with Gasteiger partial charge in [0.05, 0.1) is 23.0 Å². The Labute approximate surface area is 154 Å². The highest BCUT2D eigenvalue weighted by atomic mass is 32.2. The van der Waals surface area contributed by atoms with Crippen molar-refractivity contribution in [2.75, 3.05) is 62.3 Å². The van der Waals surface area contributed by atoms with Gasteiger partial charge in [0, 0.05) is 52.1 Å². The molecule has 0 bridgehead atoms. The first kappa shape index (κ1) is 22.8. The second-order valence-electron chi connectivity index (χ2n) is 6.42. The van der Waals surface area contributed by atoms with Gasteiger partial charge < -0.3 is 11.5 Å². The zero-order valence-electron chi connectivity index (χ0n) is 14.8. The highest BCUT2D eigenvalue weighted by Crippen LogP contribution is 2.05. The fourth-order valence-corrected chi connectivity index (χ4v) is 4.99. The van der Waals surface area contributed by atoms with Crippen molar-refractivity contribution in [3.63, 3.8) is 0 Å². The predicted molar refractivity (Wildman–Crippen MR) is 97.8 cm³/mol. The summed E-state index contributed by atoms with van der Waals surface area (Å²) >= 11 is 0.